The summed E-state index contributed by atoms with van der Waals surface area (Å²) in [5.41, 5.74) is 0.937. The highest BCUT2D eigenvalue weighted by atomic mass is 19.1. The molecule has 1 aromatic carbocycles. The number of aromatic nitrogens is 3. The smallest absolute Gasteiger partial charge is 0.216 e. The summed E-state index contributed by atoms with van der Waals surface area (Å²) in [4.78, 5) is 13.3. The minimum absolute atomic E-state index is 0.270. The molecule has 1 fully saturated rings. The lowest BCUT2D eigenvalue weighted by Crippen LogP contribution is -2.52. The van der Waals surface area contributed by atoms with E-state index in [1.54, 1.807) is 31.5 Å². The fourth-order valence-electron chi connectivity index (χ4n) is 3.57. The maximum Gasteiger partial charge on any atom is 0.216 e. The van der Waals surface area contributed by atoms with E-state index in [1.165, 1.54) is 7.11 Å². The highest BCUT2D eigenvalue weighted by Crippen LogP contribution is 2.19. The summed E-state index contributed by atoms with van der Waals surface area (Å²) >= 11 is 0. The maximum absolute atomic E-state index is 13.9. The number of hydrogen-bond donors (Lipinski definition) is 2. The van der Waals surface area contributed by atoms with Crippen molar-refractivity contribution < 1.29 is 13.5 Å². The van der Waals surface area contributed by atoms with Gasteiger partial charge in [-0.3, -0.25) is 15.0 Å². The van der Waals surface area contributed by atoms with Crippen LogP contribution < -0.4 is 10.1 Å². The second-order valence-corrected chi connectivity index (χ2v) is 7.22. The van der Waals surface area contributed by atoms with Crippen LogP contribution in [0.1, 0.15) is 11.4 Å². The predicted molar refractivity (Wildman–Crippen MR) is 114 cm³/mol. The third-order valence-electron chi connectivity index (χ3n) is 5.19. The number of furan rings is 1. The summed E-state index contributed by atoms with van der Waals surface area (Å²) in [6.45, 7) is 4.55. The second-order valence-electron chi connectivity index (χ2n) is 7.22. The number of H-pyrrole nitrogens is 1. The predicted octanol–water partition coefficient (Wildman–Crippen LogP) is 2.11. The lowest BCUT2D eigenvalue weighted by Gasteiger charge is -2.36. The van der Waals surface area contributed by atoms with Crippen molar-refractivity contribution in [1.29, 1.82) is 0 Å². The number of benzene rings is 1. The first-order chi connectivity index (χ1) is 15.2. The first kappa shape index (κ1) is 20.9. The monoisotopic (exact) mass is 427 g/mol. The van der Waals surface area contributed by atoms with Gasteiger partial charge in [0, 0.05) is 39.8 Å². The zero-order chi connectivity index (χ0) is 21.6. The van der Waals surface area contributed by atoms with Crippen molar-refractivity contribution in [2.24, 2.45) is 4.99 Å². The molecule has 0 amide bonds. The number of nitrogens with one attached hydrogen (secondary N) is 2. The summed E-state index contributed by atoms with van der Waals surface area (Å²) < 4.78 is 24.2. The quantitative estimate of drug-likeness (QED) is 0.460. The van der Waals surface area contributed by atoms with Gasteiger partial charge < -0.3 is 19.4 Å². The fourth-order valence-corrected chi connectivity index (χ4v) is 3.57. The Morgan fingerprint density at radius 3 is 2.81 bits per heavy atom. The Bertz CT molecular complexity index is 1010. The molecule has 10 heteroatoms. The van der Waals surface area contributed by atoms with Gasteiger partial charge in [0.25, 0.3) is 0 Å². The Morgan fingerprint density at radius 1 is 1.29 bits per heavy atom. The molecule has 0 spiro atoms. The van der Waals surface area contributed by atoms with Crippen LogP contribution in [0, 0.1) is 5.82 Å². The van der Waals surface area contributed by atoms with E-state index < -0.39 is 0 Å². The molecule has 164 valence electrons. The van der Waals surface area contributed by atoms with Gasteiger partial charge in [-0.2, -0.15) is 0 Å². The standard InChI is InChI=1S/C21H26FN7O2/c1-23-21(24-13-19-25-20(27-26-19)18-4-3-11-31-18)29-9-7-28(8-10-29)14-15-5-6-17(30-2)16(22)12-15/h3-6,11-12H,7-10,13-14H2,1-2H3,(H,23,24)(H,25,26,27). The van der Waals surface area contributed by atoms with Crippen LogP contribution in [0.2, 0.25) is 0 Å². The molecule has 0 saturated carbocycles. The molecular formula is C21H26FN7O2. The normalized spacial score (nSPS) is 15.3. The van der Waals surface area contributed by atoms with Gasteiger partial charge in [-0.05, 0) is 29.8 Å². The number of aliphatic imine (C=N–C) groups is 1. The van der Waals surface area contributed by atoms with Crippen molar-refractivity contribution >= 4 is 5.96 Å². The highest BCUT2D eigenvalue weighted by molar-refractivity contribution is 5.79. The van der Waals surface area contributed by atoms with Crippen LogP contribution in [0.5, 0.6) is 5.75 Å². The van der Waals surface area contributed by atoms with E-state index in [-0.39, 0.29) is 11.6 Å². The first-order valence-corrected chi connectivity index (χ1v) is 10.1. The highest BCUT2D eigenvalue weighted by Gasteiger charge is 2.20. The van der Waals surface area contributed by atoms with Crippen molar-refractivity contribution in [3.8, 4) is 17.3 Å². The van der Waals surface area contributed by atoms with E-state index >= 15 is 0 Å². The molecule has 0 radical (unpaired) electrons. The van der Waals surface area contributed by atoms with Gasteiger partial charge in [0.15, 0.2) is 23.3 Å². The van der Waals surface area contributed by atoms with Crippen molar-refractivity contribution in [3.05, 3.63) is 53.8 Å². The third kappa shape index (κ3) is 5.02. The van der Waals surface area contributed by atoms with E-state index in [0.29, 0.717) is 30.5 Å². The number of ether oxygens (including phenoxy) is 1. The zero-order valence-electron chi connectivity index (χ0n) is 17.6. The van der Waals surface area contributed by atoms with Gasteiger partial charge in [-0.15, -0.1) is 5.10 Å². The van der Waals surface area contributed by atoms with E-state index in [1.807, 2.05) is 12.1 Å². The Morgan fingerprint density at radius 2 is 2.13 bits per heavy atom. The molecule has 4 rings (SSSR count). The Balaban J connectivity index is 1.27. The molecule has 9 nitrogen and oxygen atoms in total. The van der Waals surface area contributed by atoms with Crippen LogP contribution in [-0.4, -0.2) is 71.3 Å². The zero-order valence-corrected chi connectivity index (χ0v) is 17.6. The maximum atomic E-state index is 13.9. The van der Waals surface area contributed by atoms with Gasteiger partial charge in [-0.1, -0.05) is 6.07 Å². The average Bonchev–Trinajstić information content (AvgIpc) is 3.47. The van der Waals surface area contributed by atoms with E-state index in [4.69, 9.17) is 9.15 Å². The molecule has 3 aromatic rings. The summed E-state index contributed by atoms with van der Waals surface area (Å²) in [6.07, 6.45) is 1.59. The molecular weight excluding hydrogens is 401 g/mol. The van der Waals surface area contributed by atoms with Crippen molar-refractivity contribution in [1.82, 2.24) is 30.3 Å². The largest absolute Gasteiger partial charge is 0.494 e. The van der Waals surface area contributed by atoms with Crippen LogP contribution in [0.15, 0.2) is 46.0 Å². The summed E-state index contributed by atoms with van der Waals surface area (Å²) in [5.74, 6) is 2.61. The van der Waals surface area contributed by atoms with Crippen LogP contribution in [0.25, 0.3) is 11.6 Å². The van der Waals surface area contributed by atoms with Gasteiger partial charge in [-0.25, -0.2) is 9.37 Å². The van der Waals surface area contributed by atoms with Crippen LogP contribution in [0.3, 0.4) is 0 Å². The molecule has 3 heterocycles. The number of aromatic amines is 1. The molecule has 1 aliphatic heterocycles. The molecule has 2 aromatic heterocycles. The fraction of sp³-hybridized carbons (Fsp3) is 0.381. The number of piperazine rings is 1. The number of methoxy groups -OCH3 is 1. The number of hydrogen-bond acceptors (Lipinski definition) is 6. The lowest BCUT2D eigenvalue weighted by molar-refractivity contribution is 0.172. The summed E-state index contributed by atoms with van der Waals surface area (Å²) in [5, 5.41) is 10.4. The Hall–Kier alpha value is -3.40. The van der Waals surface area contributed by atoms with Gasteiger partial charge >= 0.3 is 0 Å². The van der Waals surface area contributed by atoms with E-state index in [0.717, 1.165) is 37.7 Å². The van der Waals surface area contributed by atoms with E-state index in [9.17, 15) is 4.39 Å². The van der Waals surface area contributed by atoms with Gasteiger partial charge in [0.05, 0.1) is 19.9 Å². The SMILES string of the molecule is CN=C(NCc1nc(-c2ccco2)n[nH]1)N1CCN(Cc2ccc(OC)c(F)c2)CC1. The Kier molecular flexibility index (Phi) is 6.46. The van der Waals surface area contributed by atoms with Gasteiger partial charge in [0.2, 0.25) is 5.82 Å². The lowest BCUT2D eigenvalue weighted by atomic mass is 10.2. The van der Waals surface area contributed by atoms with Crippen molar-refractivity contribution in [2.75, 3.05) is 40.3 Å². The molecule has 2 N–H and O–H groups in total. The van der Waals surface area contributed by atoms with Crippen LogP contribution in [0.4, 0.5) is 4.39 Å². The van der Waals surface area contributed by atoms with Crippen molar-refractivity contribution in [2.45, 2.75) is 13.1 Å². The summed E-state index contributed by atoms with van der Waals surface area (Å²) in [7, 11) is 3.24. The Labute approximate surface area is 179 Å². The molecule has 0 aliphatic carbocycles. The third-order valence-corrected chi connectivity index (χ3v) is 5.19. The van der Waals surface area contributed by atoms with E-state index in [2.05, 4.69) is 35.3 Å². The topological polar surface area (TPSA) is 94.8 Å². The number of nitrogens with zero attached hydrogens (tertiary/aromatic N) is 5. The molecule has 0 bridgehead atoms. The number of guanidine groups is 1. The molecule has 1 aliphatic rings. The van der Waals surface area contributed by atoms with Crippen LogP contribution in [-0.2, 0) is 13.1 Å². The molecule has 0 unspecified atom stereocenters. The summed E-state index contributed by atoms with van der Waals surface area (Å²) in [6, 6.07) is 8.74. The molecule has 0 atom stereocenters. The minimum atomic E-state index is -0.328. The van der Waals surface area contributed by atoms with Crippen molar-refractivity contribution in [3.63, 3.8) is 0 Å². The van der Waals surface area contributed by atoms with Gasteiger partial charge in [0.1, 0.15) is 5.82 Å². The number of halogens is 1. The molecule has 1 saturated heterocycles. The second kappa shape index (κ2) is 9.61. The minimum Gasteiger partial charge on any atom is -0.494 e. The van der Waals surface area contributed by atoms with Crippen LogP contribution >= 0.6 is 0 Å². The average molecular weight is 427 g/mol. The first-order valence-electron chi connectivity index (χ1n) is 10.1. The number of rotatable bonds is 6. The molecule has 31 heavy (non-hydrogen) atoms.